The summed E-state index contributed by atoms with van der Waals surface area (Å²) in [5.74, 6) is 1.60. The highest BCUT2D eigenvalue weighted by Gasteiger charge is 2.19. The fourth-order valence-electron chi connectivity index (χ4n) is 1.94. The minimum absolute atomic E-state index is 0.212. The third kappa shape index (κ3) is 2.03. The number of hydrogen-bond donors (Lipinski definition) is 0. The van der Waals surface area contributed by atoms with Crippen LogP contribution in [0.15, 0.2) is 6.07 Å². The molecule has 0 unspecified atom stereocenters. The minimum Gasteiger partial charge on any atom is -0.496 e. The number of benzene rings is 1. The van der Waals surface area contributed by atoms with Crippen LogP contribution in [0.5, 0.6) is 11.5 Å². The molecule has 1 aromatic rings. The molecule has 0 heterocycles. The Balaban J connectivity index is 3.59. The molecule has 0 aliphatic heterocycles. The van der Waals surface area contributed by atoms with E-state index in [4.69, 9.17) is 9.47 Å². The van der Waals surface area contributed by atoms with Gasteiger partial charge in [0.15, 0.2) is 6.29 Å². The quantitative estimate of drug-likeness (QED) is 0.735. The monoisotopic (exact) mass is 222 g/mol. The Morgan fingerprint density at radius 1 is 1.25 bits per heavy atom. The molecule has 0 saturated carbocycles. The summed E-state index contributed by atoms with van der Waals surface area (Å²) in [5.41, 5.74) is 2.47. The van der Waals surface area contributed by atoms with Gasteiger partial charge in [0.1, 0.15) is 11.5 Å². The average molecular weight is 222 g/mol. The summed E-state index contributed by atoms with van der Waals surface area (Å²) in [6.45, 7) is 6.01. The molecule has 0 aromatic heterocycles. The molecule has 3 nitrogen and oxygen atoms in total. The Labute approximate surface area is 96.4 Å². The topological polar surface area (TPSA) is 35.5 Å². The third-order valence-electron chi connectivity index (χ3n) is 2.63. The predicted molar refractivity (Wildman–Crippen MR) is 63.8 cm³/mol. The van der Waals surface area contributed by atoms with Crippen LogP contribution in [0.4, 0.5) is 0 Å². The van der Waals surface area contributed by atoms with Crippen LogP contribution in [0.25, 0.3) is 0 Å². The average Bonchev–Trinajstić information content (AvgIpc) is 2.27. The lowest BCUT2D eigenvalue weighted by molar-refractivity contribution is 0.111. The second kappa shape index (κ2) is 5.01. The maximum absolute atomic E-state index is 11.2. The zero-order chi connectivity index (χ0) is 12.3. The molecular weight excluding hydrogens is 204 g/mol. The van der Waals surface area contributed by atoms with E-state index in [0.717, 1.165) is 23.2 Å². The molecule has 0 amide bonds. The van der Waals surface area contributed by atoms with Crippen LogP contribution in [0.1, 0.15) is 41.3 Å². The van der Waals surface area contributed by atoms with E-state index in [0.29, 0.717) is 11.3 Å². The van der Waals surface area contributed by atoms with E-state index < -0.39 is 0 Å². The number of hydrogen-bond acceptors (Lipinski definition) is 3. The van der Waals surface area contributed by atoms with E-state index >= 15 is 0 Å². The molecule has 0 atom stereocenters. The molecule has 3 heteroatoms. The first-order valence-corrected chi connectivity index (χ1v) is 5.27. The van der Waals surface area contributed by atoms with Crippen molar-refractivity contribution in [2.24, 2.45) is 0 Å². The molecule has 16 heavy (non-hydrogen) atoms. The molecule has 88 valence electrons. The van der Waals surface area contributed by atoms with Gasteiger partial charge in [0.2, 0.25) is 0 Å². The van der Waals surface area contributed by atoms with Crippen molar-refractivity contribution < 1.29 is 14.3 Å². The van der Waals surface area contributed by atoms with Crippen molar-refractivity contribution in [3.63, 3.8) is 0 Å². The van der Waals surface area contributed by atoms with E-state index in [1.54, 1.807) is 14.2 Å². The third-order valence-corrected chi connectivity index (χ3v) is 2.63. The van der Waals surface area contributed by atoms with Crippen LogP contribution in [0, 0.1) is 6.92 Å². The molecule has 0 bridgehead atoms. The fourth-order valence-corrected chi connectivity index (χ4v) is 1.94. The highest BCUT2D eigenvalue weighted by molar-refractivity contribution is 5.84. The molecule has 0 spiro atoms. The molecular formula is C13H18O3. The Morgan fingerprint density at radius 2 is 1.88 bits per heavy atom. The summed E-state index contributed by atoms with van der Waals surface area (Å²) < 4.78 is 10.6. The van der Waals surface area contributed by atoms with E-state index in [1.807, 2.05) is 26.8 Å². The summed E-state index contributed by atoms with van der Waals surface area (Å²) >= 11 is 0. The van der Waals surface area contributed by atoms with E-state index in [1.165, 1.54) is 0 Å². The van der Waals surface area contributed by atoms with Gasteiger partial charge in [0.25, 0.3) is 0 Å². The van der Waals surface area contributed by atoms with E-state index in [-0.39, 0.29) is 5.92 Å². The Hall–Kier alpha value is -1.51. The Morgan fingerprint density at radius 3 is 2.25 bits per heavy atom. The zero-order valence-corrected chi connectivity index (χ0v) is 10.5. The lowest BCUT2D eigenvalue weighted by Crippen LogP contribution is -2.04. The van der Waals surface area contributed by atoms with E-state index in [9.17, 15) is 4.79 Å². The first-order valence-electron chi connectivity index (χ1n) is 5.27. The van der Waals surface area contributed by atoms with Crippen LogP contribution in [0.3, 0.4) is 0 Å². The van der Waals surface area contributed by atoms with Crippen LogP contribution < -0.4 is 9.47 Å². The molecule has 0 fully saturated rings. The molecule has 0 saturated heterocycles. The highest BCUT2D eigenvalue weighted by Crippen LogP contribution is 2.37. The molecule has 0 aliphatic carbocycles. The SMILES string of the molecule is COc1cc(C)c(OC)c(C(C)C)c1C=O. The number of aryl methyl sites for hydroxylation is 1. The number of ether oxygens (including phenoxy) is 2. The lowest BCUT2D eigenvalue weighted by atomic mass is 9.93. The van der Waals surface area contributed by atoms with Crippen molar-refractivity contribution >= 4 is 6.29 Å². The molecule has 0 aliphatic rings. The molecule has 0 radical (unpaired) electrons. The maximum Gasteiger partial charge on any atom is 0.154 e. The van der Waals surface area contributed by atoms with Gasteiger partial charge in [0, 0.05) is 5.56 Å². The van der Waals surface area contributed by atoms with Gasteiger partial charge in [-0.2, -0.15) is 0 Å². The van der Waals surface area contributed by atoms with Gasteiger partial charge in [0.05, 0.1) is 19.8 Å². The van der Waals surface area contributed by atoms with Crippen molar-refractivity contribution in [1.82, 2.24) is 0 Å². The van der Waals surface area contributed by atoms with Gasteiger partial charge in [-0.3, -0.25) is 4.79 Å². The summed E-state index contributed by atoms with van der Waals surface area (Å²) in [6.07, 6.45) is 0.829. The summed E-state index contributed by atoms with van der Waals surface area (Å²) in [5, 5.41) is 0. The van der Waals surface area contributed by atoms with E-state index in [2.05, 4.69) is 0 Å². The van der Waals surface area contributed by atoms with Crippen LogP contribution in [-0.4, -0.2) is 20.5 Å². The zero-order valence-electron chi connectivity index (χ0n) is 10.5. The first-order chi connectivity index (χ1) is 7.56. The fraction of sp³-hybridized carbons (Fsp3) is 0.462. The standard InChI is InChI=1S/C13H18O3/c1-8(2)12-10(7-14)11(15-4)6-9(3)13(12)16-5/h6-8H,1-5H3. The van der Waals surface area contributed by atoms with Crippen LogP contribution >= 0.6 is 0 Å². The van der Waals surface area contributed by atoms with Crippen molar-refractivity contribution in [2.75, 3.05) is 14.2 Å². The highest BCUT2D eigenvalue weighted by atomic mass is 16.5. The summed E-state index contributed by atoms with van der Waals surface area (Å²) in [6, 6.07) is 1.83. The first kappa shape index (κ1) is 12.6. The minimum atomic E-state index is 0.212. The van der Waals surface area contributed by atoms with Gasteiger partial charge in [-0.05, 0) is 24.5 Å². The summed E-state index contributed by atoms with van der Waals surface area (Å²) in [7, 11) is 3.19. The Bertz CT molecular complexity index is 395. The smallest absolute Gasteiger partial charge is 0.154 e. The number of rotatable bonds is 4. The number of carbonyl (C=O) groups excluding carboxylic acids is 1. The Kier molecular flexibility index (Phi) is 3.93. The molecule has 1 rings (SSSR count). The second-order valence-corrected chi connectivity index (χ2v) is 4.03. The van der Waals surface area contributed by atoms with Crippen LogP contribution in [0.2, 0.25) is 0 Å². The van der Waals surface area contributed by atoms with Gasteiger partial charge >= 0.3 is 0 Å². The van der Waals surface area contributed by atoms with Gasteiger partial charge in [-0.1, -0.05) is 13.8 Å². The largest absolute Gasteiger partial charge is 0.496 e. The van der Waals surface area contributed by atoms with Gasteiger partial charge < -0.3 is 9.47 Å². The number of aldehydes is 1. The van der Waals surface area contributed by atoms with Crippen molar-refractivity contribution in [3.8, 4) is 11.5 Å². The predicted octanol–water partition coefficient (Wildman–Crippen LogP) is 2.95. The molecule has 0 N–H and O–H groups in total. The van der Waals surface area contributed by atoms with Crippen molar-refractivity contribution in [1.29, 1.82) is 0 Å². The maximum atomic E-state index is 11.2. The molecule has 1 aromatic carbocycles. The van der Waals surface area contributed by atoms with Gasteiger partial charge in [-0.15, -0.1) is 0 Å². The number of methoxy groups -OCH3 is 2. The van der Waals surface area contributed by atoms with Crippen molar-refractivity contribution in [3.05, 3.63) is 22.8 Å². The number of carbonyl (C=O) groups is 1. The second-order valence-electron chi connectivity index (χ2n) is 4.03. The summed E-state index contributed by atoms with van der Waals surface area (Å²) in [4.78, 5) is 11.2. The van der Waals surface area contributed by atoms with Gasteiger partial charge in [-0.25, -0.2) is 0 Å². The van der Waals surface area contributed by atoms with Crippen molar-refractivity contribution in [2.45, 2.75) is 26.7 Å². The van der Waals surface area contributed by atoms with Crippen LogP contribution in [-0.2, 0) is 0 Å². The lowest BCUT2D eigenvalue weighted by Gasteiger charge is -2.18. The normalized spacial score (nSPS) is 10.4.